The number of nitrogens with one attached hydrogen (secondary N) is 1. The highest BCUT2D eigenvalue weighted by molar-refractivity contribution is 5.90. The van der Waals surface area contributed by atoms with Crippen LogP contribution in [0.2, 0.25) is 0 Å². The molecule has 1 amide bonds. The average Bonchev–Trinajstić information content (AvgIpc) is 2.39. The zero-order valence-electron chi connectivity index (χ0n) is 10.6. The molecule has 19 heavy (non-hydrogen) atoms. The van der Waals surface area contributed by atoms with Gasteiger partial charge in [0.25, 0.3) is 5.91 Å². The van der Waals surface area contributed by atoms with Gasteiger partial charge in [0.15, 0.2) is 0 Å². The van der Waals surface area contributed by atoms with Gasteiger partial charge in [0.05, 0.1) is 0 Å². The third-order valence-electron chi connectivity index (χ3n) is 2.99. The van der Waals surface area contributed by atoms with Gasteiger partial charge >= 0.3 is 11.9 Å². The first-order valence-electron chi connectivity index (χ1n) is 5.73. The summed E-state index contributed by atoms with van der Waals surface area (Å²) in [7, 11) is 0. The Labute approximate surface area is 109 Å². The van der Waals surface area contributed by atoms with Crippen LogP contribution in [0.1, 0.15) is 25.8 Å². The molecule has 0 radical (unpaired) electrons. The molecule has 0 aliphatic heterocycles. The van der Waals surface area contributed by atoms with Crippen molar-refractivity contribution in [2.45, 2.75) is 31.7 Å². The summed E-state index contributed by atoms with van der Waals surface area (Å²) in [4.78, 5) is 22.6. The van der Waals surface area contributed by atoms with Crippen LogP contribution in [0.3, 0.4) is 0 Å². The normalized spacial score (nSPS) is 14.5. The highest BCUT2D eigenvalue weighted by Crippen LogP contribution is 2.29. The van der Waals surface area contributed by atoms with E-state index >= 15 is 0 Å². The number of carboxylic acids is 1. The number of carboxylic acid groups (broad SMARTS) is 1. The molecule has 0 saturated carbocycles. The van der Waals surface area contributed by atoms with Crippen molar-refractivity contribution in [3.05, 3.63) is 35.9 Å². The van der Waals surface area contributed by atoms with E-state index in [9.17, 15) is 18.4 Å². The molecule has 0 aliphatic rings. The minimum absolute atomic E-state index is 0.00105. The number of alkyl halides is 2. The zero-order chi connectivity index (χ0) is 14.7. The molecule has 2 N–H and O–H groups in total. The van der Waals surface area contributed by atoms with Crippen LogP contribution in [-0.2, 0) is 15.5 Å². The van der Waals surface area contributed by atoms with Gasteiger partial charge in [-0.1, -0.05) is 37.3 Å². The number of halogens is 2. The van der Waals surface area contributed by atoms with Gasteiger partial charge in [-0.3, -0.25) is 4.79 Å². The van der Waals surface area contributed by atoms with E-state index in [1.807, 2.05) is 5.32 Å². The van der Waals surface area contributed by atoms with E-state index in [1.165, 1.54) is 26.0 Å². The predicted octanol–water partition coefficient (Wildman–Crippen LogP) is 2.15. The molecule has 0 aromatic heterocycles. The number of hydrogen-bond donors (Lipinski definition) is 2. The second kappa shape index (κ2) is 5.34. The number of aliphatic carboxylic acids is 1. The summed E-state index contributed by atoms with van der Waals surface area (Å²) < 4.78 is 27.7. The SMILES string of the molecule is CCC(C)(NC(=O)C(F)(F)c1ccccc1)C(=O)O. The van der Waals surface area contributed by atoms with Crippen molar-refractivity contribution in [2.24, 2.45) is 0 Å². The maximum absolute atomic E-state index is 13.9. The molecule has 1 atom stereocenters. The number of carbonyl (C=O) groups is 2. The van der Waals surface area contributed by atoms with Crippen molar-refractivity contribution in [1.29, 1.82) is 0 Å². The van der Waals surface area contributed by atoms with E-state index in [2.05, 4.69) is 0 Å². The summed E-state index contributed by atoms with van der Waals surface area (Å²) in [6.07, 6.45) is -0.00105. The maximum atomic E-state index is 13.9. The summed E-state index contributed by atoms with van der Waals surface area (Å²) in [5.74, 6) is -6.75. The molecule has 0 bridgehead atoms. The second-order valence-corrected chi connectivity index (χ2v) is 4.39. The first kappa shape index (κ1) is 15.1. The van der Waals surface area contributed by atoms with E-state index in [-0.39, 0.29) is 6.42 Å². The number of benzene rings is 1. The molecule has 4 nitrogen and oxygen atoms in total. The Hall–Kier alpha value is -1.98. The highest BCUT2D eigenvalue weighted by atomic mass is 19.3. The van der Waals surface area contributed by atoms with Gasteiger partial charge in [-0.2, -0.15) is 8.78 Å². The average molecular weight is 271 g/mol. The largest absolute Gasteiger partial charge is 0.480 e. The smallest absolute Gasteiger partial charge is 0.349 e. The van der Waals surface area contributed by atoms with E-state index in [0.717, 1.165) is 12.1 Å². The zero-order valence-corrected chi connectivity index (χ0v) is 10.6. The van der Waals surface area contributed by atoms with Crippen LogP contribution in [0, 0.1) is 0 Å². The number of carbonyl (C=O) groups excluding carboxylic acids is 1. The van der Waals surface area contributed by atoms with Gasteiger partial charge in [0.1, 0.15) is 5.54 Å². The molecule has 104 valence electrons. The Kier molecular flexibility index (Phi) is 4.24. The molecule has 1 unspecified atom stereocenters. The minimum atomic E-state index is -3.77. The topological polar surface area (TPSA) is 66.4 Å². The molecular formula is C13H15F2NO3. The first-order valence-corrected chi connectivity index (χ1v) is 5.73. The second-order valence-electron chi connectivity index (χ2n) is 4.39. The van der Waals surface area contributed by atoms with Crippen LogP contribution < -0.4 is 5.32 Å². The Morgan fingerprint density at radius 2 is 1.79 bits per heavy atom. The van der Waals surface area contributed by atoms with E-state index in [0.29, 0.717) is 0 Å². The number of amides is 1. The molecule has 0 saturated heterocycles. The van der Waals surface area contributed by atoms with Gasteiger partial charge < -0.3 is 10.4 Å². The first-order chi connectivity index (χ1) is 8.74. The molecular weight excluding hydrogens is 256 g/mol. The fraction of sp³-hybridized carbons (Fsp3) is 0.385. The predicted molar refractivity (Wildman–Crippen MR) is 64.8 cm³/mol. The Balaban J connectivity index is 2.98. The molecule has 6 heteroatoms. The summed E-state index contributed by atoms with van der Waals surface area (Å²) >= 11 is 0. The van der Waals surface area contributed by atoms with Crippen molar-refractivity contribution in [3.63, 3.8) is 0 Å². The molecule has 0 fully saturated rings. The van der Waals surface area contributed by atoms with Crippen molar-refractivity contribution >= 4 is 11.9 Å². The summed E-state index contributed by atoms with van der Waals surface area (Å²) in [6.45, 7) is 2.68. The van der Waals surface area contributed by atoms with Gasteiger partial charge in [-0.15, -0.1) is 0 Å². The molecule has 0 aliphatic carbocycles. The third-order valence-corrected chi connectivity index (χ3v) is 2.99. The monoisotopic (exact) mass is 271 g/mol. The van der Waals surface area contributed by atoms with Gasteiger partial charge in [-0.05, 0) is 13.3 Å². The lowest BCUT2D eigenvalue weighted by Gasteiger charge is -2.27. The maximum Gasteiger partial charge on any atom is 0.349 e. The van der Waals surface area contributed by atoms with Crippen molar-refractivity contribution in [2.75, 3.05) is 0 Å². The van der Waals surface area contributed by atoms with Crippen LogP contribution in [0.15, 0.2) is 30.3 Å². The Morgan fingerprint density at radius 1 is 1.26 bits per heavy atom. The third kappa shape index (κ3) is 3.07. The Morgan fingerprint density at radius 3 is 2.21 bits per heavy atom. The quantitative estimate of drug-likeness (QED) is 0.862. The number of rotatable bonds is 5. The van der Waals surface area contributed by atoms with Crippen LogP contribution in [-0.4, -0.2) is 22.5 Å². The van der Waals surface area contributed by atoms with E-state index in [4.69, 9.17) is 5.11 Å². The van der Waals surface area contributed by atoms with Gasteiger partial charge in [-0.25, -0.2) is 4.79 Å². The Bertz CT molecular complexity index is 476. The summed E-state index contributed by atoms with van der Waals surface area (Å²) in [5, 5.41) is 10.9. The van der Waals surface area contributed by atoms with Crippen LogP contribution in [0.25, 0.3) is 0 Å². The molecule has 1 rings (SSSR count). The van der Waals surface area contributed by atoms with Crippen molar-refractivity contribution in [1.82, 2.24) is 5.32 Å². The van der Waals surface area contributed by atoms with E-state index in [1.54, 1.807) is 6.07 Å². The van der Waals surface area contributed by atoms with Crippen LogP contribution >= 0.6 is 0 Å². The summed E-state index contributed by atoms with van der Waals surface area (Å²) in [5.41, 5.74) is -2.19. The van der Waals surface area contributed by atoms with E-state index < -0.39 is 28.9 Å². The lowest BCUT2D eigenvalue weighted by atomic mass is 9.98. The molecule has 0 heterocycles. The molecule has 0 spiro atoms. The van der Waals surface area contributed by atoms with Gasteiger partial charge in [0.2, 0.25) is 0 Å². The highest BCUT2D eigenvalue weighted by Gasteiger charge is 2.45. The standard InChI is InChI=1S/C13H15F2NO3/c1-3-12(2,11(18)19)16-10(17)13(14,15)9-7-5-4-6-8-9/h4-8H,3H2,1-2H3,(H,16,17)(H,18,19). The fourth-order valence-corrected chi connectivity index (χ4v) is 1.40. The van der Waals surface area contributed by atoms with Crippen molar-refractivity contribution in [3.8, 4) is 0 Å². The minimum Gasteiger partial charge on any atom is -0.480 e. The molecule has 1 aromatic rings. The fourth-order valence-electron chi connectivity index (χ4n) is 1.40. The lowest BCUT2D eigenvalue weighted by Crippen LogP contribution is -2.55. The van der Waals surface area contributed by atoms with Crippen LogP contribution in [0.5, 0.6) is 0 Å². The lowest BCUT2D eigenvalue weighted by molar-refractivity contribution is -0.156. The van der Waals surface area contributed by atoms with Gasteiger partial charge in [0, 0.05) is 5.56 Å². The van der Waals surface area contributed by atoms with Crippen LogP contribution in [0.4, 0.5) is 8.78 Å². The summed E-state index contributed by atoms with van der Waals surface area (Å²) in [6, 6.07) is 6.54. The number of hydrogen-bond acceptors (Lipinski definition) is 2. The molecule has 1 aromatic carbocycles. The van der Waals surface area contributed by atoms with Crippen molar-refractivity contribution < 1.29 is 23.5 Å².